The first kappa shape index (κ1) is 20.5. The van der Waals surface area contributed by atoms with Crippen molar-refractivity contribution in [1.29, 1.82) is 0 Å². The van der Waals surface area contributed by atoms with Gasteiger partial charge in [-0.3, -0.25) is 0 Å². The van der Waals surface area contributed by atoms with Crippen molar-refractivity contribution in [1.82, 2.24) is 0 Å². The zero-order valence-electron chi connectivity index (χ0n) is 15.2. The summed E-state index contributed by atoms with van der Waals surface area (Å²) in [6, 6.07) is 28.2. The molecule has 0 fully saturated rings. The van der Waals surface area contributed by atoms with Crippen molar-refractivity contribution in [2.45, 2.75) is 0 Å². The fraction of sp³-hybridized carbons (Fsp3) is 0.143. The average Bonchev–Trinajstić information content (AvgIpc) is 2.76. The van der Waals surface area contributed by atoms with E-state index in [0.29, 0.717) is 17.2 Å². The molecule has 0 aliphatic heterocycles. The second-order valence-electron chi connectivity index (χ2n) is 5.34. The molecule has 0 aliphatic rings. The van der Waals surface area contributed by atoms with Crippen molar-refractivity contribution in [3.63, 3.8) is 0 Å². The summed E-state index contributed by atoms with van der Waals surface area (Å²) in [5.74, 6) is 2.14. The molecule has 0 bridgehead atoms. The Morgan fingerprint density at radius 3 is 1.00 bits per heavy atom. The molecule has 28 heavy (non-hydrogen) atoms. The Hall–Kier alpha value is -2.24. The van der Waals surface area contributed by atoms with Gasteiger partial charge in [-0.05, 0) is 0 Å². The molecule has 6 nitrogen and oxygen atoms in total. The van der Waals surface area contributed by atoms with Gasteiger partial charge in [0.15, 0.2) is 0 Å². The van der Waals surface area contributed by atoms with Crippen LogP contribution in [0.15, 0.2) is 91.0 Å². The van der Waals surface area contributed by atoms with Gasteiger partial charge in [0.05, 0.1) is 0 Å². The Kier molecular flexibility index (Phi) is 8.97. The van der Waals surface area contributed by atoms with Crippen molar-refractivity contribution in [2.75, 3.05) is 20.4 Å². The Balaban J connectivity index is 1.44. The average molecular weight is 491 g/mol. The maximum absolute atomic E-state index is 5.68. The van der Waals surface area contributed by atoms with Crippen LogP contribution in [0.25, 0.3) is 0 Å². The minimum absolute atomic E-state index is 0.0312. The van der Waals surface area contributed by atoms with E-state index in [9.17, 15) is 0 Å². The van der Waals surface area contributed by atoms with E-state index in [1.54, 1.807) is 0 Å². The molecule has 0 saturated carbocycles. The zero-order valence-corrected chi connectivity index (χ0v) is 17.7. The quantitative estimate of drug-likeness (QED) is 0.281. The third kappa shape index (κ3) is 7.78. The van der Waals surface area contributed by atoms with Crippen LogP contribution in [-0.2, 0) is 9.05 Å². The second-order valence-corrected chi connectivity index (χ2v) is 8.82. The van der Waals surface area contributed by atoms with Crippen LogP contribution in [0.1, 0.15) is 0 Å². The van der Waals surface area contributed by atoms with Crippen LogP contribution in [0.4, 0.5) is 0 Å². The fourth-order valence-electron chi connectivity index (χ4n) is 2.07. The summed E-state index contributed by atoms with van der Waals surface area (Å²) in [6.07, 6.45) is 0. The first-order chi connectivity index (χ1) is 13.9. The van der Waals surface area contributed by atoms with Gasteiger partial charge in [0.2, 0.25) is 0 Å². The van der Waals surface area contributed by atoms with E-state index in [-0.39, 0.29) is 20.4 Å². The number of benzene rings is 3. The van der Waals surface area contributed by atoms with E-state index in [1.165, 1.54) is 0 Å². The maximum atomic E-state index is 5.68. The molecule has 0 unspecified atom stereocenters. The third-order valence-corrected chi connectivity index (χ3v) is 6.09. The van der Waals surface area contributed by atoms with E-state index in [1.807, 2.05) is 91.0 Å². The van der Waals surface area contributed by atoms with Crippen molar-refractivity contribution < 1.29 is 23.3 Å². The topological polar surface area (TPSA) is 55.4 Å². The molecule has 3 aromatic carbocycles. The first-order valence-electron chi connectivity index (χ1n) is 8.62. The third-order valence-electron chi connectivity index (χ3n) is 3.38. The molecule has 0 spiro atoms. The molecule has 0 aliphatic carbocycles. The van der Waals surface area contributed by atoms with Crippen LogP contribution in [-0.4, -0.2) is 41.8 Å². The number of hydrogen-bond donors (Lipinski definition) is 0. The van der Waals surface area contributed by atoms with Gasteiger partial charge >= 0.3 is 173 Å². The van der Waals surface area contributed by atoms with E-state index in [4.69, 9.17) is 23.3 Å². The van der Waals surface area contributed by atoms with Gasteiger partial charge in [0, 0.05) is 0 Å². The summed E-state index contributed by atoms with van der Waals surface area (Å²) < 4.78 is 33.7. The van der Waals surface area contributed by atoms with E-state index < -0.39 is 21.5 Å². The van der Waals surface area contributed by atoms with Crippen molar-refractivity contribution in [3.05, 3.63) is 91.0 Å². The summed E-state index contributed by atoms with van der Waals surface area (Å²) in [6.45, 7) is 0.0937. The van der Waals surface area contributed by atoms with Gasteiger partial charge in [-0.25, -0.2) is 0 Å². The molecule has 0 radical (unpaired) electrons. The molecule has 146 valence electrons. The zero-order chi connectivity index (χ0) is 19.3. The predicted molar refractivity (Wildman–Crippen MR) is 105 cm³/mol. The van der Waals surface area contributed by atoms with Crippen molar-refractivity contribution in [2.24, 2.45) is 0 Å². The SMILES string of the molecule is c1ccc(OC[O][Sb]([O]COc2ccccc2)[O]COc2ccccc2)cc1. The number of para-hydroxylation sites is 3. The Morgan fingerprint density at radius 2 is 0.714 bits per heavy atom. The van der Waals surface area contributed by atoms with Gasteiger partial charge in [-0.15, -0.1) is 0 Å². The number of ether oxygens (including phenoxy) is 3. The second kappa shape index (κ2) is 12.3. The molecular weight excluding hydrogens is 470 g/mol. The Labute approximate surface area is 173 Å². The monoisotopic (exact) mass is 490 g/mol. The minimum atomic E-state index is -3.02. The molecular formula is C21H21O6Sb. The molecule has 0 amide bonds. The molecule has 3 rings (SSSR count). The molecule has 7 heteroatoms. The normalized spacial score (nSPS) is 10.6. The van der Waals surface area contributed by atoms with E-state index >= 15 is 0 Å². The molecule has 3 aromatic rings. The van der Waals surface area contributed by atoms with Gasteiger partial charge < -0.3 is 0 Å². The molecule has 0 aromatic heterocycles. The van der Waals surface area contributed by atoms with E-state index in [0.717, 1.165) is 0 Å². The van der Waals surface area contributed by atoms with Crippen LogP contribution in [0.2, 0.25) is 0 Å². The number of hydrogen-bond acceptors (Lipinski definition) is 6. The molecule has 0 N–H and O–H groups in total. The van der Waals surface area contributed by atoms with E-state index in [2.05, 4.69) is 0 Å². The van der Waals surface area contributed by atoms with Crippen LogP contribution >= 0.6 is 0 Å². The van der Waals surface area contributed by atoms with Crippen molar-refractivity contribution in [3.8, 4) is 17.2 Å². The Bertz CT molecular complexity index is 665. The summed E-state index contributed by atoms with van der Waals surface area (Å²) in [4.78, 5) is 0. The molecule has 0 atom stereocenters. The number of rotatable bonds is 12. The summed E-state index contributed by atoms with van der Waals surface area (Å²) in [5, 5.41) is 0. The van der Waals surface area contributed by atoms with Gasteiger partial charge in [0.1, 0.15) is 0 Å². The standard InChI is InChI=1S/3C7H7O2.Sb/c3*8-6-9-7-4-2-1-3-5-7;/h3*1-5H,6H2;/q3*-1;+3. The predicted octanol–water partition coefficient (Wildman–Crippen LogP) is 4.13. The van der Waals surface area contributed by atoms with Gasteiger partial charge in [-0.1, -0.05) is 0 Å². The van der Waals surface area contributed by atoms with Crippen LogP contribution < -0.4 is 14.2 Å². The summed E-state index contributed by atoms with van der Waals surface area (Å²) >= 11 is -3.02. The first-order valence-corrected chi connectivity index (χ1v) is 11.8. The van der Waals surface area contributed by atoms with Crippen LogP contribution in [0.3, 0.4) is 0 Å². The van der Waals surface area contributed by atoms with Crippen LogP contribution in [0, 0.1) is 0 Å². The van der Waals surface area contributed by atoms with Crippen LogP contribution in [0.5, 0.6) is 17.2 Å². The fourth-order valence-corrected chi connectivity index (χ4v) is 3.90. The Morgan fingerprint density at radius 1 is 0.429 bits per heavy atom. The molecule has 0 heterocycles. The summed E-state index contributed by atoms with van der Waals surface area (Å²) in [7, 11) is 0. The van der Waals surface area contributed by atoms with Gasteiger partial charge in [-0.2, -0.15) is 0 Å². The molecule has 0 saturated heterocycles. The van der Waals surface area contributed by atoms with Gasteiger partial charge in [0.25, 0.3) is 0 Å². The van der Waals surface area contributed by atoms with Crippen molar-refractivity contribution >= 4 is 21.5 Å². The summed E-state index contributed by atoms with van der Waals surface area (Å²) in [5.41, 5.74) is 0.